The number of rotatable bonds is 4. The van der Waals surface area contributed by atoms with Crippen LogP contribution in [-0.2, 0) is 0 Å². The Morgan fingerprint density at radius 1 is 1.33 bits per heavy atom. The average molecular weight is 210 g/mol. The molecule has 1 aromatic carbocycles. The van der Waals surface area contributed by atoms with E-state index in [0.29, 0.717) is 5.56 Å². The van der Waals surface area contributed by atoms with Gasteiger partial charge in [0.1, 0.15) is 11.9 Å². The molecule has 15 heavy (non-hydrogen) atoms. The van der Waals surface area contributed by atoms with E-state index in [1.54, 1.807) is 6.07 Å². The van der Waals surface area contributed by atoms with Gasteiger partial charge in [0.2, 0.25) is 0 Å². The molecule has 1 atom stereocenters. The maximum Gasteiger partial charge on any atom is 0.122 e. The maximum absolute atomic E-state index is 9.44. The molecule has 0 heterocycles. The van der Waals surface area contributed by atoms with Crippen molar-refractivity contribution in [1.29, 1.82) is 0 Å². The van der Waals surface area contributed by atoms with Gasteiger partial charge >= 0.3 is 0 Å². The zero-order valence-electron chi connectivity index (χ0n) is 9.40. The minimum absolute atomic E-state index is 0.136. The third-order valence-electron chi connectivity index (χ3n) is 2.12. The fraction of sp³-hybridized carbons (Fsp3) is 0.500. The number of benzene rings is 1. The molecule has 3 heteroatoms. The van der Waals surface area contributed by atoms with Gasteiger partial charge in [-0.15, -0.1) is 0 Å². The summed E-state index contributed by atoms with van der Waals surface area (Å²) in [4.78, 5) is 0. The van der Waals surface area contributed by atoms with Gasteiger partial charge in [-0.05, 0) is 44.0 Å². The average Bonchev–Trinajstić information content (AvgIpc) is 2.19. The third-order valence-corrected chi connectivity index (χ3v) is 2.12. The normalized spacial score (nSPS) is 12.9. The Kier molecular flexibility index (Phi) is 4.12. The van der Waals surface area contributed by atoms with Crippen LogP contribution in [0, 0.1) is 6.92 Å². The molecule has 3 nitrogen and oxygen atoms in total. The Labute approximate surface area is 90.3 Å². The highest BCUT2D eigenvalue weighted by molar-refractivity contribution is 5.37. The molecule has 0 bridgehead atoms. The molecule has 1 aromatic rings. The highest BCUT2D eigenvalue weighted by atomic mass is 16.5. The second kappa shape index (κ2) is 5.14. The Bertz CT molecular complexity index is 321. The van der Waals surface area contributed by atoms with Crippen molar-refractivity contribution in [3.05, 3.63) is 29.3 Å². The third kappa shape index (κ3) is 3.22. The summed E-state index contributed by atoms with van der Waals surface area (Å²) in [5.41, 5.74) is 1.68. The van der Waals surface area contributed by atoms with E-state index in [2.05, 4.69) is 0 Å². The van der Waals surface area contributed by atoms with Gasteiger partial charge in [-0.25, -0.2) is 0 Å². The Morgan fingerprint density at radius 2 is 2.00 bits per heavy atom. The van der Waals surface area contributed by atoms with Crippen molar-refractivity contribution < 1.29 is 14.9 Å². The van der Waals surface area contributed by atoms with Crippen LogP contribution in [0.3, 0.4) is 0 Å². The first-order chi connectivity index (χ1) is 7.04. The molecule has 0 aliphatic carbocycles. The molecule has 84 valence electrons. The summed E-state index contributed by atoms with van der Waals surface area (Å²) >= 11 is 0. The lowest BCUT2D eigenvalue weighted by Gasteiger charge is -2.14. The van der Waals surface area contributed by atoms with E-state index in [0.717, 1.165) is 11.3 Å². The molecular formula is C12H18O3. The largest absolute Gasteiger partial charge is 0.491 e. The van der Waals surface area contributed by atoms with Crippen LogP contribution in [0.4, 0.5) is 0 Å². The predicted molar refractivity (Wildman–Crippen MR) is 59.0 cm³/mol. The van der Waals surface area contributed by atoms with E-state index < -0.39 is 6.10 Å². The van der Waals surface area contributed by atoms with Gasteiger partial charge in [0.15, 0.2) is 0 Å². The van der Waals surface area contributed by atoms with E-state index in [9.17, 15) is 5.11 Å². The molecule has 0 saturated carbocycles. The van der Waals surface area contributed by atoms with Crippen LogP contribution >= 0.6 is 0 Å². The van der Waals surface area contributed by atoms with Gasteiger partial charge in [-0.1, -0.05) is 6.07 Å². The highest BCUT2D eigenvalue weighted by Crippen LogP contribution is 2.23. The van der Waals surface area contributed by atoms with Crippen molar-refractivity contribution in [3.63, 3.8) is 0 Å². The second-order valence-electron chi connectivity index (χ2n) is 3.89. The minimum atomic E-state index is -0.809. The first-order valence-corrected chi connectivity index (χ1v) is 5.10. The van der Waals surface area contributed by atoms with E-state index in [4.69, 9.17) is 9.84 Å². The lowest BCUT2D eigenvalue weighted by Crippen LogP contribution is -2.08. The lowest BCUT2D eigenvalue weighted by atomic mass is 10.1. The summed E-state index contributed by atoms with van der Waals surface area (Å²) in [6.07, 6.45) is -0.672. The summed E-state index contributed by atoms with van der Waals surface area (Å²) in [6.45, 7) is 5.60. The smallest absolute Gasteiger partial charge is 0.122 e. The minimum Gasteiger partial charge on any atom is -0.491 e. The number of aryl methyl sites for hydroxylation is 1. The summed E-state index contributed by atoms with van der Waals surface area (Å²) in [5, 5.41) is 18.2. The van der Waals surface area contributed by atoms with Crippen LogP contribution in [0.5, 0.6) is 5.75 Å². The summed E-state index contributed by atoms with van der Waals surface area (Å²) < 4.78 is 5.57. The predicted octanol–water partition coefficient (Wildman–Crippen LogP) is 1.81. The molecule has 0 radical (unpaired) electrons. The molecular weight excluding hydrogens is 192 g/mol. The monoisotopic (exact) mass is 210 g/mol. The van der Waals surface area contributed by atoms with Gasteiger partial charge in [-0.2, -0.15) is 0 Å². The zero-order chi connectivity index (χ0) is 11.4. The molecule has 0 spiro atoms. The summed E-state index contributed by atoms with van der Waals surface area (Å²) in [6, 6.07) is 5.42. The molecule has 0 aromatic heterocycles. The molecule has 0 fully saturated rings. The van der Waals surface area contributed by atoms with Crippen molar-refractivity contribution in [2.75, 3.05) is 6.61 Å². The number of hydrogen-bond acceptors (Lipinski definition) is 3. The number of ether oxygens (including phenoxy) is 1. The van der Waals surface area contributed by atoms with E-state index >= 15 is 0 Å². The standard InChI is InChI=1S/C12H18O3/c1-8(2)15-12-5-4-10(6-9(12)3)11(14)7-13/h4-6,8,11,13-14H,7H2,1-3H3. The second-order valence-corrected chi connectivity index (χ2v) is 3.89. The van der Waals surface area contributed by atoms with Crippen molar-refractivity contribution in [1.82, 2.24) is 0 Å². The number of aliphatic hydroxyl groups excluding tert-OH is 2. The highest BCUT2D eigenvalue weighted by Gasteiger charge is 2.08. The SMILES string of the molecule is Cc1cc(C(O)CO)ccc1OC(C)C. The Morgan fingerprint density at radius 3 is 2.47 bits per heavy atom. The first-order valence-electron chi connectivity index (χ1n) is 5.10. The Hall–Kier alpha value is -1.06. The fourth-order valence-electron chi connectivity index (χ4n) is 1.37. The van der Waals surface area contributed by atoms with E-state index in [1.807, 2.05) is 32.9 Å². The topological polar surface area (TPSA) is 49.7 Å². The maximum atomic E-state index is 9.44. The van der Waals surface area contributed by atoms with Crippen molar-refractivity contribution in [2.45, 2.75) is 33.0 Å². The van der Waals surface area contributed by atoms with Crippen LogP contribution in [0.15, 0.2) is 18.2 Å². The van der Waals surface area contributed by atoms with Crippen molar-refractivity contribution in [2.24, 2.45) is 0 Å². The van der Waals surface area contributed by atoms with E-state index in [1.165, 1.54) is 0 Å². The van der Waals surface area contributed by atoms with Gasteiger partial charge in [0, 0.05) is 0 Å². The van der Waals surface area contributed by atoms with Crippen molar-refractivity contribution >= 4 is 0 Å². The van der Waals surface area contributed by atoms with Gasteiger partial charge in [-0.3, -0.25) is 0 Å². The van der Waals surface area contributed by atoms with Gasteiger partial charge in [0.25, 0.3) is 0 Å². The Balaban J connectivity index is 2.88. The van der Waals surface area contributed by atoms with Crippen LogP contribution in [0.2, 0.25) is 0 Å². The van der Waals surface area contributed by atoms with Crippen LogP contribution in [0.1, 0.15) is 31.1 Å². The molecule has 0 aliphatic heterocycles. The van der Waals surface area contributed by atoms with E-state index in [-0.39, 0.29) is 12.7 Å². The number of hydrogen-bond donors (Lipinski definition) is 2. The van der Waals surface area contributed by atoms with Crippen LogP contribution in [-0.4, -0.2) is 22.9 Å². The fourth-order valence-corrected chi connectivity index (χ4v) is 1.37. The lowest BCUT2D eigenvalue weighted by molar-refractivity contribution is 0.0955. The van der Waals surface area contributed by atoms with Crippen LogP contribution in [0.25, 0.3) is 0 Å². The molecule has 1 rings (SSSR count). The van der Waals surface area contributed by atoms with Crippen LogP contribution < -0.4 is 4.74 Å². The zero-order valence-corrected chi connectivity index (χ0v) is 9.40. The first kappa shape index (κ1) is 12.0. The number of aliphatic hydroxyl groups is 2. The molecule has 1 unspecified atom stereocenters. The molecule has 0 amide bonds. The summed E-state index contributed by atoms with van der Waals surface area (Å²) in [5.74, 6) is 0.818. The molecule has 2 N–H and O–H groups in total. The molecule has 0 aliphatic rings. The van der Waals surface area contributed by atoms with Crippen molar-refractivity contribution in [3.8, 4) is 5.75 Å². The molecule has 0 saturated heterocycles. The quantitative estimate of drug-likeness (QED) is 0.796. The van der Waals surface area contributed by atoms with Gasteiger partial charge < -0.3 is 14.9 Å². The summed E-state index contributed by atoms with van der Waals surface area (Å²) in [7, 11) is 0. The van der Waals surface area contributed by atoms with Gasteiger partial charge in [0.05, 0.1) is 12.7 Å².